The van der Waals surface area contributed by atoms with Gasteiger partial charge < -0.3 is 9.84 Å². The lowest BCUT2D eigenvalue weighted by molar-refractivity contribution is -0.132. The van der Waals surface area contributed by atoms with Crippen LogP contribution in [0.3, 0.4) is 0 Å². The molecule has 0 fully saturated rings. The fourth-order valence-electron chi connectivity index (χ4n) is 2.26. The van der Waals surface area contributed by atoms with Gasteiger partial charge in [0, 0.05) is 5.57 Å². The van der Waals surface area contributed by atoms with E-state index >= 15 is 0 Å². The number of carbonyl (C=O) groups is 1. The Morgan fingerprint density at radius 2 is 1.71 bits per heavy atom. The van der Waals surface area contributed by atoms with Gasteiger partial charge in [0.15, 0.2) is 0 Å². The summed E-state index contributed by atoms with van der Waals surface area (Å²) in [7, 11) is 0. The Morgan fingerprint density at radius 1 is 1.19 bits per heavy atom. The number of hydrogen-bond acceptors (Lipinski definition) is 2. The van der Waals surface area contributed by atoms with Gasteiger partial charge >= 0.3 is 5.97 Å². The molecule has 0 unspecified atom stereocenters. The Kier molecular flexibility index (Phi) is 6.47. The Balaban J connectivity index is 3.03. The van der Waals surface area contributed by atoms with Gasteiger partial charge in [0.2, 0.25) is 0 Å². The highest BCUT2D eigenvalue weighted by atomic mass is 16.5. The third-order valence-electron chi connectivity index (χ3n) is 3.53. The lowest BCUT2D eigenvalue weighted by Crippen LogP contribution is -2.06. The predicted octanol–water partition coefficient (Wildman–Crippen LogP) is 4.73. The van der Waals surface area contributed by atoms with Crippen LogP contribution >= 0.6 is 0 Å². The zero-order valence-corrected chi connectivity index (χ0v) is 13.6. The SMILES string of the molecule is CCC(=CCOc1c(C(C)C)cccc1C(C)C)C(=O)O. The van der Waals surface area contributed by atoms with E-state index in [0.29, 0.717) is 30.4 Å². The van der Waals surface area contributed by atoms with Crippen LogP contribution in [0.2, 0.25) is 0 Å². The quantitative estimate of drug-likeness (QED) is 0.738. The second-order valence-electron chi connectivity index (χ2n) is 5.77. The van der Waals surface area contributed by atoms with Gasteiger partial charge in [-0.2, -0.15) is 0 Å². The summed E-state index contributed by atoms with van der Waals surface area (Å²) in [5.74, 6) is 0.766. The van der Waals surface area contributed by atoms with Gasteiger partial charge in [-0.05, 0) is 35.5 Å². The molecule has 0 saturated heterocycles. The minimum Gasteiger partial charge on any atom is -0.489 e. The van der Waals surface area contributed by atoms with Crippen LogP contribution in [0.1, 0.15) is 64.0 Å². The minimum atomic E-state index is -0.873. The van der Waals surface area contributed by atoms with E-state index in [2.05, 4.69) is 45.9 Å². The molecular formula is C18H26O3. The van der Waals surface area contributed by atoms with E-state index in [1.54, 1.807) is 6.08 Å². The van der Waals surface area contributed by atoms with Crippen molar-refractivity contribution >= 4 is 5.97 Å². The summed E-state index contributed by atoms with van der Waals surface area (Å²) >= 11 is 0. The predicted molar refractivity (Wildman–Crippen MR) is 86.1 cm³/mol. The monoisotopic (exact) mass is 290 g/mol. The molecule has 1 N–H and O–H groups in total. The van der Waals surface area contributed by atoms with Crippen LogP contribution in [0, 0.1) is 0 Å². The number of carboxylic acids is 1. The highest BCUT2D eigenvalue weighted by molar-refractivity contribution is 5.86. The highest BCUT2D eigenvalue weighted by Crippen LogP contribution is 2.34. The minimum absolute atomic E-state index is 0.291. The maximum absolute atomic E-state index is 11.0. The molecular weight excluding hydrogens is 264 g/mol. The van der Waals surface area contributed by atoms with E-state index in [4.69, 9.17) is 9.84 Å². The van der Waals surface area contributed by atoms with Crippen molar-refractivity contribution in [2.45, 2.75) is 52.9 Å². The number of ether oxygens (including phenoxy) is 1. The molecule has 0 aliphatic rings. The topological polar surface area (TPSA) is 46.5 Å². The summed E-state index contributed by atoms with van der Waals surface area (Å²) in [6, 6.07) is 6.21. The summed E-state index contributed by atoms with van der Waals surface area (Å²) < 4.78 is 5.93. The van der Waals surface area contributed by atoms with E-state index in [1.807, 2.05) is 6.92 Å². The zero-order chi connectivity index (χ0) is 16.0. The Labute approximate surface area is 127 Å². The zero-order valence-electron chi connectivity index (χ0n) is 13.6. The molecule has 0 aromatic heterocycles. The number of para-hydroxylation sites is 1. The van der Waals surface area contributed by atoms with E-state index in [0.717, 1.165) is 5.75 Å². The molecule has 0 radical (unpaired) electrons. The van der Waals surface area contributed by atoms with Crippen LogP contribution < -0.4 is 4.74 Å². The largest absolute Gasteiger partial charge is 0.489 e. The standard InChI is InChI=1S/C18H26O3/c1-6-14(18(19)20)10-11-21-17-15(12(2)3)8-7-9-16(17)13(4)5/h7-10,12-13H,6,11H2,1-5H3,(H,19,20). The number of rotatable bonds is 7. The molecule has 0 heterocycles. The van der Waals surface area contributed by atoms with Crippen molar-refractivity contribution < 1.29 is 14.6 Å². The fourth-order valence-corrected chi connectivity index (χ4v) is 2.26. The van der Waals surface area contributed by atoms with Gasteiger partial charge in [-0.25, -0.2) is 4.79 Å². The van der Waals surface area contributed by atoms with Gasteiger partial charge in [0.05, 0.1) is 0 Å². The molecule has 0 atom stereocenters. The molecule has 0 amide bonds. The lowest BCUT2D eigenvalue weighted by Gasteiger charge is -2.19. The number of benzene rings is 1. The summed E-state index contributed by atoms with van der Waals surface area (Å²) in [6.07, 6.45) is 2.16. The third kappa shape index (κ3) is 4.62. The maximum Gasteiger partial charge on any atom is 0.331 e. The molecule has 1 aromatic rings. The van der Waals surface area contributed by atoms with Crippen LogP contribution in [-0.2, 0) is 4.79 Å². The summed E-state index contributed by atoms with van der Waals surface area (Å²) in [6.45, 7) is 10.7. The van der Waals surface area contributed by atoms with Gasteiger partial charge in [-0.3, -0.25) is 0 Å². The van der Waals surface area contributed by atoms with Gasteiger partial charge in [0.1, 0.15) is 12.4 Å². The average Bonchev–Trinajstić information content (AvgIpc) is 2.42. The summed E-state index contributed by atoms with van der Waals surface area (Å²) in [5.41, 5.74) is 2.73. The van der Waals surface area contributed by atoms with Crippen LogP contribution in [0.15, 0.2) is 29.8 Å². The van der Waals surface area contributed by atoms with Crippen molar-refractivity contribution in [2.75, 3.05) is 6.61 Å². The second kappa shape index (κ2) is 7.87. The first-order valence-corrected chi connectivity index (χ1v) is 7.56. The van der Waals surface area contributed by atoms with Crippen molar-refractivity contribution in [2.24, 2.45) is 0 Å². The van der Waals surface area contributed by atoms with Crippen LogP contribution in [-0.4, -0.2) is 17.7 Å². The van der Waals surface area contributed by atoms with Crippen molar-refractivity contribution in [3.8, 4) is 5.75 Å². The van der Waals surface area contributed by atoms with E-state index in [-0.39, 0.29) is 0 Å². The molecule has 116 valence electrons. The average molecular weight is 290 g/mol. The smallest absolute Gasteiger partial charge is 0.331 e. The van der Waals surface area contributed by atoms with E-state index < -0.39 is 5.97 Å². The first-order chi connectivity index (χ1) is 9.88. The molecule has 0 spiro atoms. The molecule has 3 heteroatoms. The van der Waals surface area contributed by atoms with Gasteiger partial charge in [-0.15, -0.1) is 0 Å². The fraction of sp³-hybridized carbons (Fsp3) is 0.500. The van der Waals surface area contributed by atoms with Gasteiger partial charge in [-0.1, -0.05) is 52.8 Å². The summed E-state index contributed by atoms with van der Waals surface area (Å²) in [5, 5.41) is 9.03. The molecule has 0 aliphatic heterocycles. The number of aliphatic carboxylic acids is 1. The Hall–Kier alpha value is -1.77. The van der Waals surface area contributed by atoms with Crippen molar-refractivity contribution in [3.63, 3.8) is 0 Å². The maximum atomic E-state index is 11.0. The highest BCUT2D eigenvalue weighted by Gasteiger charge is 2.14. The van der Waals surface area contributed by atoms with Crippen LogP contribution in [0.4, 0.5) is 0 Å². The van der Waals surface area contributed by atoms with E-state index in [1.165, 1.54) is 11.1 Å². The molecule has 0 saturated carbocycles. The van der Waals surface area contributed by atoms with Crippen LogP contribution in [0.5, 0.6) is 5.75 Å². The van der Waals surface area contributed by atoms with Gasteiger partial charge in [0.25, 0.3) is 0 Å². The van der Waals surface area contributed by atoms with Crippen molar-refractivity contribution in [3.05, 3.63) is 41.0 Å². The molecule has 1 rings (SSSR count). The van der Waals surface area contributed by atoms with Crippen molar-refractivity contribution in [1.82, 2.24) is 0 Å². The molecule has 0 bridgehead atoms. The normalized spacial score (nSPS) is 12.0. The van der Waals surface area contributed by atoms with Crippen LogP contribution in [0.25, 0.3) is 0 Å². The molecule has 1 aromatic carbocycles. The first kappa shape index (κ1) is 17.3. The third-order valence-corrected chi connectivity index (χ3v) is 3.53. The molecule has 3 nitrogen and oxygen atoms in total. The Bertz CT molecular complexity index is 487. The number of carboxylic acid groups (broad SMARTS) is 1. The summed E-state index contributed by atoms with van der Waals surface area (Å²) in [4.78, 5) is 11.0. The van der Waals surface area contributed by atoms with E-state index in [9.17, 15) is 4.79 Å². The number of hydrogen-bond donors (Lipinski definition) is 1. The van der Waals surface area contributed by atoms with Crippen molar-refractivity contribution in [1.29, 1.82) is 0 Å². The molecule has 21 heavy (non-hydrogen) atoms. The second-order valence-corrected chi connectivity index (χ2v) is 5.77. The Morgan fingerprint density at radius 3 is 2.10 bits per heavy atom. The lowest BCUT2D eigenvalue weighted by atomic mass is 9.94. The molecule has 0 aliphatic carbocycles. The first-order valence-electron chi connectivity index (χ1n) is 7.56.